The Morgan fingerprint density at radius 3 is 2.60 bits per heavy atom. The van der Waals surface area contributed by atoms with Crippen LogP contribution in [0.3, 0.4) is 0 Å². The zero-order chi connectivity index (χ0) is 11.4. The fourth-order valence-electron chi connectivity index (χ4n) is 1.19. The number of methoxy groups -OCH3 is 1. The van der Waals surface area contributed by atoms with E-state index in [1.165, 1.54) is 19.3 Å². The number of ether oxygens (including phenoxy) is 1. The second-order valence-electron chi connectivity index (χ2n) is 2.83. The van der Waals surface area contributed by atoms with Gasteiger partial charge in [-0.15, -0.1) is 0 Å². The Balaban J connectivity index is 3.32. The summed E-state index contributed by atoms with van der Waals surface area (Å²) in [5.74, 6) is -2.42. The van der Waals surface area contributed by atoms with E-state index in [-0.39, 0.29) is 11.3 Å². The largest absolute Gasteiger partial charge is 0.493 e. The highest BCUT2D eigenvalue weighted by Crippen LogP contribution is 2.24. The molecule has 0 saturated heterocycles. The molecule has 2 nitrogen and oxygen atoms in total. The van der Waals surface area contributed by atoms with E-state index >= 15 is 0 Å². The molecule has 1 aromatic carbocycles. The van der Waals surface area contributed by atoms with Crippen molar-refractivity contribution in [3.63, 3.8) is 0 Å². The summed E-state index contributed by atoms with van der Waals surface area (Å²) < 4.78 is 30.7. The molecule has 0 atom stereocenters. The molecular formula is C11H10F2O2. The molecular weight excluding hydrogens is 202 g/mol. The van der Waals surface area contributed by atoms with Crippen LogP contribution in [0.15, 0.2) is 24.3 Å². The lowest BCUT2D eigenvalue weighted by Crippen LogP contribution is -2.02. The molecule has 0 aromatic heterocycles. The SMILES string of the molecule is C/C=C/C(=O)c1cc(F)cc(F)c1OC. The lowest BCUT2D eigenvalue weighted by molar-refractivity contribution is 0.104. The quantitative estimate of drug-likeness (QED) is 0.568. The topological polar surface area (TPSA) is 26.3 Å². The third-order valence-corrected chi connectivity index (χ3v) is 1.80. The summed E-state index contributed by atoms with van der Waals surface area (Å²) in [6, 6.07) is 1.62. The first-order valence-corrected chi connectivity index (χ1v) is 4.30. The third kappa shape index (κ3) is 2.40. The van der Waals surface area contributed by atoms with Crippen molar-refractivity contribution in [1.82, 2.24) is 0 Å². The van der Waals surface area contributed by atoms with Crippen LogP contribution in [0.5, 0.6) is 5.75 Å². The number of hydrogen-bond donors (Lipinski definition) is 0. The number of allylic oxidation sites excluding steroid dienone is 2. The number of benzene rings is 1. The first kappa shape index (κ1) is 11.4. The Hall–Kier alpha value is -1.71. The Bertz CT molecular complexity index is 411. The maximum absolute atomic E-state index is 13.2. The molecule has 0 N–H and O–H groups in total. The molecule has 0 amide bonds. The van der Waals surface area contributed by atoms with E-state index in [2.05, 4.69) is 0 Å². The number of hydrogen-bond acceptors (Lipinski definition) is 2. The fraction of sp³-hybridized carbons (Fsp3) is 0.182. The molecule has 0 aliphatic carbocycles. The van der Waals surface area contributed by atoms with Crippen molar-refractivity contribution in [2.24, 2.45) is 0 Å². The number of rotatable bonds is 3. The van der Waals surface area contributed by atoms with Gasteiger partial charge in [-0.25, -0.2) is 8.78 Å². The number of ketones is 1. The molecule has 0 bridgehead atoms. The standard InChI is InChI=1S/C11H10F2O2/c1-3-4-10(14)8-5-7(12)6-9(13)11(8)15-2/h3-6H,1-2H3/b4-3+. The molecule has 0 aliphatic rings. The van der Waals surface area contributed by atoms with Gasteiger partial charge in [0.15, 0.2) is 17.3 Å². The minimum Gasteiger partial charge on any atom is -0.493 e. The fourth-order valence-corrected chi connectivity index (χ4v) is 1.19. The van der Waals surface area contributed by atoms with Gasteiger partial charge < -0.3 is 4.74 Å². The summed E-state index contributed by atoms with van der Waals surface area (Å²) >= 11 is 0. The van der Waals surface area contributed by atoms with Crippen molar-refractivity contribution < 1.29 is 18.3 Å². The van der Waals surface area contributed by atoms with Gasteiger partial charge in [-0.1, -0.05) is 6.08 Å². The maximum atomic E-state index is 13.2. The summed E-state index contributed by atoms with van der Waals surface area (Å²) in [5, 5.41) is 0. The van der Waals surface area contributed by atoms with Crippen molar-refractivity contribution in [2.75, 3.05) is 7.11 Å². The van der Waals surface area contributed by atoms with Crippen LogP contribution < -0.4 is 4.74 Å². The number of halogens is 2. The van der Waals surface area contributed by atoms with E-state index < -0.39 is 17.4 Å². The van der Waals surface area contributed by atoms with Crippen molar-refractivity contribution >= 4 is 5.78 Å². The lowest BCUT2D eigenvalue weighted by atomic mass is 10.1. The van der Waals surface area contributed by atoms with Gasteiger partial charge in [0.1, 0.15) is 5.82 Å². The molecule has 0 heterocycles. The van der Waals surface area contributed by atoms with Crippen LogP contribution in [0.25, 0.3) is 0 Å². The molecule has 1 aromatic rings. The molecule has 0 fully saturated rings. The van der Waals surface area contributed by atoms with E-state index in [0.717, 1.165) is 6.07 Å². The first-order valence-electron chi connectivity index (χ1n) is 4.30. The van der Waals surface area contributed by atoms with Crippen molar-refractivity contribution in [2.45, 2.75) is 6.92 Å². The van der Waals surface area contributed by atoms with E-state index in [1.54, 1.807) is 6.92 Å². The van der Waals surface area contributed by atoms with Gasteiger partial charge in [0.05, 0.1) is 12.7 Å². The van der Waals surface area contributed by atoms with E-state index in [9.17, 15) is 13.6 Å². The predicted octanol–water partition coefficient (Wildman–Crippen LogP) is 2.73. The van der Waals surface area contributed by atoms with Crippen LogP contribution in [0.2, 0.25) is 0 Å². The molecule has 4 heteroatoms. The molecule has 1 rings (SSSR count). The normalized spacial score (nSPS) is 10.7. The van der Waals surface area contributed by atoms with Crippen LogP contribution in [0, 0.1) is 11.6 Å². The number of carbonyl (C=O) groups is 1. The Morgan fingerprint density at radius 2 is 2.07 bits per heavy atom. The third-order valence-electron chi connectivity index (χ3n) is 1.80. The zero-order valence-electron chi connectivity index (χ0n) is 8.38. The summed E-state index contributed by atoms with van der Waals surface area (Å²) in [5.41, 5.74) is -0.117. The number of carbonyl (C=O) groups excluding carboxylic acids is 1. The zero-order valence-corrected chi connectivity index (χ0v) is 8.38. The summed E-state index contributed by atoms with van der Waals surface area (Å²) in [4.78, 5) is 11.4. The Kier molecular flexibility index (Phi) is 3.55. The van der Waals surface area contributed by atoms with Crippen LogP contribution in [0.1, 0.15) is 17.3 Å². The molecule has 0 spiro atoms. The highest BCUT2D eigenvalue weighted by atomic mass is 19.1. The highest BCUT2D eigenvalue weighted by Gasteiger charge is 2.16. The minimum absolute atomic E-state index is 0.117. The monoisotopic (exact) mass is 212 g/mol. The lowest BCUT2D eigenvalue weighted by Gasteiger charge is -2.06. The summed E-state index contributed by atoms with van der Waals surface area (Å²) in [6.45, 7) is 1.64. The predicted molar refractivity (Wildman–Crippen MR) is 52.1 cm³/mol. The van der Waals surface area contributed by atoms with Crippen molar-refractivity contribution in [3.05, 3.63) is 41.5 Å². The van der Waals surface area contributed by atoms with Crippen molar-refractivity contribution in [1.29, 1.82) is 0 Å². The maximum Gasteiger partial charge on any atom is 0.189 e. The molecule has 0 aliphatic heterocycles. The minimum atomic E-state index is -0.884. The van der Waals surface area contributed by atoms with Gasteiger partial charge in [-0.3, -0.25) is 4.79 Å². The van der Waals surface area contributed by atoms with Crippen molar-refractivity contribution in [3.8, 4) is 5.75 Å². The average molecular weight is 212 g/mol. The second-order valence-corrected chi connectivity index (χ2v) is 2.83. The van der Waals surface area contributed by atoms with Crippen LogP contribution in [-0.4, -0.2) is 12.9 Å². The van der Waals surface area contributed by atoms with E-state index in [0.29, 0.717) is 6.07 Å². The molecule has 0 radical (unpaired) electrons. The smallest absolute Gasteiger partial charge is 0.189 e. The van der Waals surface area contributed by atoms with Crippen LogP contribution in [-0.2, 0) is 0 Å². The highest BCUT2D eigenvalue weighted by molar-refractivity contribution is 6.06. The van der Waals surface area contributed by atoms with Gasteiger partial charge >= 0.3 is 0 Å². The summed E-state index contributed by atoms with van der Waals surface area (Å²) in [7, 11) is 1.22. The first-order chi connectivity index (χ1) is 7.10. The van der Waals surface area contributed by atoms with Gasteiger partial charge in [-0.2, -0.15) is 0 Å². The van der Waals surface area contributed by atoms with E-state index in [1.807, 2.05) is 0 Å². The molecule has 0 unspecified atom stereocenters. The molecule has 0 saturated carbocycles. The molecule has 80 valence electrons. The van der Waals surface area contributed by atoms with E-state index in [4.69, 9.17) is 4.74 Å². The van der Waals surface area contributed by atoms with Crippen LogP contribution in [0.4, 0.5) is 8.78 Å². The molecule has 15 heavy (non-hydrogen) atoms. The second kappa shape index (κ2) is 4.68. The van der Waals surface area contributed by atoms with Gasteiger partial charge in [0.25, 0.3) is 0 Å². The Morgan fingerprint density at radius 1 is 1.40 bits per heavy atom. The summed E-state index contributed by atoms with van der Waals surface area (Å²) in [6.07, 6.45) is 2.71. The van der Waals surface area contributed by atoms with Gasteiger partial charge in [0.2, 0.25) is 0 Å². The van der Waals surface area contributed by atoms with Gasteiger partial charge in [0, 0.05) is 6.07 Å². The van der Waals surface area contributed by atoms with Gasteiger partial charge in [-0.05, 0) is 19.1 Å². The van der Waals surface area contributed by atoms with Crippen LogP contribution >= 0.6 is 0 Å². The Labute approximate surface area is 86.2 Å². The average Bonchev–Trinajstić information content (AvgIpc) is 2.17.